The first kappa shape index (κ1) is 13.2. The van der Waals surface area contributed by atoms with E-state index < -0.39 is 31.2 Å². The highest BCUT2D eigenvalue weighted by atomic mass is 19.4. The lowest BCUT2D eigenvalue weighted by Gasteiger charge is -2.10. The van der Waals surface area contributed by atoms with E-state index in [0.717, 1.165) is 7.11 Å². The van der Waals surface area contributed by atoms with Crippen LogP contribution < -0.4 is 5.73 Å². The molecule has 0 aliphatic rings. The van der Waals surface area contributed by atoms with Crippen LogP contribution in [0.1, 0.15) is 6.42 Å². The van der Waals surface area contributed by atoms with Crippen molar-refractivity contribution in [3.63, 3.8) is 0 Å². The molecule has 1 atom stereocenters. The Kier molecular flexibility index (Phi) is 5.47. The van der Waals surface area contributed by atoms with Gasteiger partial charge in [-0.3, -0.25) is 4.79 Å². The molecular formula is C7H12F3NO3. The summed E-state index contributed by atoms with van der Waals surface area (Å²) in [6.45, 7) is -0.781. The normalized spacial score (nSPS) is 13.8. The third-order valence-electron chi connectivity index (χ3n) is 1.33. The molecule has 14 heavy (non-hydrogen) atoms. The molecule has 0 aliphatic heterocycles. The zero-order valence-electron chi connectivity index (χ0n) is 7.63. The van der Waals surface area contributed by atoms with Crippen LogP contribution in [0.3, 0.4) is 0 Å². The minimum absolute atomic E-state index is 0.275. The molecule has 1 unspecified atom stereocenters. The number of ether oxygens (including phenoxy) is 2. The minimum Gasteiger partial charge on any atom is -0.468 e. The molecule has 0 aliphatic carbocycles. The van der Waals surface area contributed by atoms with Crippen molar-refractivity contribution in [1.29, 1.82) is 0 Å². The molecule has 2 N–H and O–H groups in total. The summed E-state index contributed by atoms with van der Waals surface area (Å²) >= 11 is 0. The molecule has 0 saturated heterocycles. The highest BCUT2D eigenvalue weighted by Gasteiger charge is 2.26. The molecule has 0 amide bonds. The first-order valence-corrected chi connectivity index (χ1v) is 3.84. The van der Waals surface area contributed by atoms with Crippen LogP contribution in [0.4, 0.5) is 13.2 Å². The van der Waals surface area contributed by atoms with Gasteiger partial charge in [0.15, 0.2) is 0 Å². The van der Waals surface area contributed by atoms with Gasteiger partial charge in [-0.25, -0.2) is 0 Å². The zero-order chi connectivity index (χ0) is 11.2. The van der Waals surface area contributed by atoms with Gasteiger partial charge in [-0.1, -0.05) is 0 Å². The Morgan fingerprint density at radius 1 is 1.50 bits per heavy atom. The van der Waals surface area contributed by atoms with Crippen LogP contribution in [0.2, 0.25) is 0 Å². The summed E-state index contributed by atoms with van der Waals surface area (Å²) in [6.07, 6.45) is -5.31. The second-order valence-electron chi connectivity index (χ2n) is 2.57. The molecule has 0 rings (SSSR count). The van der Waals surface area contributed by atoms with Crippen LogP contribution >= 0.6 is 0 Å². The van der Waals surface area contributed by atoms with Crippen molar-refractivity contribution in [2.75, 3.05) is 20.3 Å². The fourth-order valence-corrected chi connectivity index (χ4v) is 0.618. The number of methoxy groups -OCH3 is 1. The summed E-state index contributed by atoms with van der Waals surface area (Å²) in [5.41, 5.74) is 5.20. The van der Waals surface area contributed by atoms with Crippen molar-refractivity contribution in [2.45, 2.75) is 18.6 Å². The van der Waals surface area contributed by atoms with E-state index in [-0.39, 0.29) is 6.61 Å². The smallest absolute Gasteiger partial charge is 0.391 e. The van der Waals surface area contributed by atoms with E-state index in [0.29, 0.717) is 0 Å². The van der Waals surface area contributed by atoms with Crippen LogP contribution in [0.25, 0.3) is 0 Å². The van der Waals surface area contributed by atoms with Crippen LogP contribution in [-0.2, 0) is 14.3 Å². The molecule has 0 saturated carbocycles. The Morgan fingerprint density at radius 3 is 2.50 bits per heavy atom. The Balaban J connectivity index is 3.50. The van der Waals surface area contributed by atoms with Gasteiger partial charge in [0.05, 0.1) is 26.7 Å². The van der Waals surface area contributed by atoms with Crippen LogP contribution in [-0.4, -0.2) is 38.5 Å². The maximum absolute atomic E-state index is 11.6. The van der Waals surface area contributed by atoms with E-state index in [1.807, 2.05) is 0 Å². The SMILES string of the molecule is COC(=O)C(N)COCCC(F)(F)F. The van der Waals surface area contributed by atoms with Crippen molar-refractivity contribution in [3.8, 4) is 0 Å². The standard InChI is InChI=1S/C7H12F3NO3/c1-13-6(12)5(11)4-14-3-2-7(8,9)10/h5H,2-4,11H2,1H3. The predicted octanol–water partition coefficient (Wildman–Crippen LogP) is 0.456. The number of esters is 1. The van der Waals surface area contributed by atoms with Crippen molar-refractivity contribution in [1.82, 2.24) is 0 Å². The van der Waals surface area contributed by atoms with E-state index in [4.69, 9.17) is 5.73 Å². The summed E-state index contributed by atoms with van der Waals surface area (Å²) < 4.78 is 43.6. The zero-order valence-corrected chi connectivity index (χ0v) is 7.63. The number of hydrogen-bond donors (Lipinski definition) is 1. The molecule has 84 valence electrons. The Labute approximate surface area is 79.2 Å². The largest absolute Gasteiger partial charge is 0.468 e. The first-order chi connectivity index (χ1) is 6.37. The Bertz CT molecular complexity index is 184. The summed E-state index contributed by atoms with van der Waals surface area (Å²) in [6, 6.07) is -1.03. The van der Waals surface area contributed by atoms with E-state index in [1.165, 1.54) is 0 Å². The number of carbonyl (C=O) groups excluding carboxylic acids is 1. The molecule has 0 aromatic carbocycles. The highest BCUT2D eigenvalue weighted by molar-refractivity contribution is 5.75. The quantitative estimate of drug-likeness (QED) is 0.534. The third-order valence-corrected chi connectivity index (χ3v) is 1.33. The van der Waals surface area contributed by atoms with Gasteiger partial charge in [0, 0.05) is 0 Å². The summed E-state index contributed by atoms with van der Waals surface area (Å²) in [5.74, 6) is -0.711. The van der Waals surface area contributed by atoms with Crippen molar-refractivity contribution >= 4 is 5.97 Å². The molecule has 0 bridgehead atoms. The maximum Gasteiger partial charge on any atom is 0.391 e. The van der Waals surface area contributed by atoms with Crippen molar-refractivity contribution < 1.29 is 27.4 Å². The van der Waals surface area contributed by atoms with Gasteiger partial charge in [0.1, 0.15) is 6.04 Å². The van der Waals surface area contributed by atoms with Crippen LogP contribution in [0.15, 0.2) is 0 Å². The van der Waals surface area contributed by atoms with E-state index in [2.05, 4.69) is 9.47 Å². The molecule has 0 radical (unpaired) electrons. The number of halogens is 3. The summed E-state index contributed by atoms with van der Waals surface area (Å²) in [5, 5.41) is 0. The lowest BCUT2D eigenvalue weighted by Crippen LogP contribution is -2.36. The van der Waals surface area contributed by atoms with Gasteiger partial charge in [-0.15, -0.1) is 0 Å². The monoisotopic (exact) mass is 215 g/mol. The van der Waals surface area contributed by atoms with Crippen LogP contribution in [0, 0.1) is 0 Å². The number of rotatable bonds is 5. The summed E-state index contributed by atoms with van der Waals surface area (Å²) in [4.78, 5) is 10.7. The fraction of sp³-hybridized carbons (Fsp3) is 0.857. The molecule has 7 heteroatoms. The van der Waals surface area contributed by atoms with Crippen molar-refractivity contribution in [3.05, 3.63) is 0 Å². The number of hydrogen-bond acceptors (Lipinski definition) is 4. The van der Waals surface area contributed by atoms with Crippen molar-refractivity contribution in [2.24, 2.45) is 5.73 Å². The van der Waals surface area contributed by atoms with Gasteiger partial charge in [-0.05, 0) is 0 Å². The van der Waals surface area contributed by atoms with Gasteiger partial charge in [0.25, 0.3) is 0 Å². The molecule has 0 aromatic heterocycles. The maximum atomic E-state index is 11.6. The Morgan fingerprint density at radius 2 is 2.07 bits per heavy atom. The fourth-order valence-electron chi connectivity index (χ4n) is 0.618. The lowest BCUT2D eigenvalue weighted by atomic mass is 10.3. The second kappa shape index (κ2) is 5.82. The molecule has 0 aromatic rings. The topological polar surface area (TPSA) is 61.5 Å². The van der Waals surface area contributed by atoms with E-state index in [1.54, 1.807) is 0 Å². The molecule has 4 nitrogen and oxygen atoms in total. The summed E-state index contributed by atoms with van der Waals surface area (Å²) in [7, 11) is 1.14. The number of nitrogens with two attached hydrogens (primary N) is 1. The molecule has 0 heterocycles. The van der Waals surface area contributed by atoms with Gasteiger partial charge in [0.2, 0.25) is 0 Å². The van der Waals surface area contributed by atoms with Crippen LogP contribution in [0.5, 0.6) is 0 Å². The highest BCUT2D eigenvalue weighted by Crippen LogP contribution is 2.18. The second-order valence-corrected chi connectivity index (χ2v) is 2.57. The van der Waals surface area contributed by atoms with Gasteiger partial charge < -0.3 is 15.2 Å². The molecule has 0 fully saturated rings. The lowest BCUT2D eigenvalue weighted by molar-refractivity contribution is -0.149. The van der Waals surface area contributed by atoms with Gasteiger partial charge >= 0.3 is 12.1 Å². The molecular weight excluding hydrogens is 203 g/mol. The number of carbonyl (C=O) groups is 1. The average Bonchev–Trinajstić information content (AvgIpc) is 2.09. The predicted molar refractivity (Wildman–Crippen MR) is 41.5 cm³/mol. The average molecular weight is 215 g/mol. The number of alkyl halides is 3. The Hall–Kier alpha value is -0.820. The minimum atomic E-state index is -4.25. The van der Waals surface area contributed by atoms with Gasteiger partial charge in [-0.2, -0.15) is 13.2 Å². The molecule has 0 spiro atoms. The van der Waals surface area contributed by atoms with E-state index in [9.17, 15) is 18.0 Å². The first-order valence-electron chi connectivity index (χ1n) is 3.84. The third kappa shape index (κ3) is 6.67. The van der Waals surface area contributed by atoms with E-state index >= 15 is 0 Å².